The van der Waals surface area contributed by atoms with Crippen LogP contribution >= 0.6 is 35.0 Å². The number of rotatable bonds is 8. The van der Waals surface area contributed by atoms with Gasteiger partial charge in [0.15, 0.2) is 11.0 Å². The van der Waals surface area contributed by atoms with Gasteiger partial charge >= 0.3 is 0 Å². The summed E-state index contributed by atoms with van der Waals surface area (Å²) in [5, 5.41) is 15.2. The molecule has 3 aromatic rings. The van der Waals surface area contributed by atoms with E-state index in [4.69, 9.17) is 27.9 Å². The third-order valence-electron chi connectivity index (χ3n) is 4.49. The third kappa shape index (κ3) is 5.93. The van der Waals surface area contributed by atoms with Gasteiger partial charge in [0.1, 0.15) is 5.75 Å². The second-order valence-corrected chi connectivity index (χ2v) is 8.57. The normalized spacial score (nSPS) is 11.7. The lowest BCUT2D eigenvalue weighted by atomic mass is 10.2. The van der Waals surface area contributed by atoms with E-state index in [9.17, 15) is 9.59 Å². The van der Waals surface area contributed by atoms with Gasteiger partial charge in [0.05, 0.1) is 29.5 Å². The molecule has 2 amide bonds. The standard InChI is InChI=1S/C21H21Cl2N5O3S/c1-12(24-20(30)16-9-4-13(22)10-17(16)23)19-26-27-21(28(19)2)32-11-18(29)25-14-5-7-15(31-3)8-6-14/h4-10,12H,11H2,1-3H3,(H,24,30)(H,25,29). The van der Waals surface area contributed by atoms with Gasteiger partial charge in [-0.3, -0.25) is 9.59 Å². The Balaban J connectivity index is 1.57. The molecule has 0 bridgehead atoms. The highest BCUT2D eigenvalue weighted by atomic mass is 35.5. The van der Waals surface area contributed by atoms with Gasteiger partial charge in [-0.25, -0.2) is 0 Å². The van der Waals surface area contributed by atoms with Crippen LogP contribution in [0.4, 0.5) is 5.69 Å². The van der Waals surface area contributed by atoms with Gasteiger partial charge in [-0.1, -0.05) is 35.0 Å². The zero-order valence-corrected chi connectivity index (χ0v) is 19.9. The summed E-state index contributed by atoms with van der Waals surface area (Å²) < 4.78 is 6.84. The molecule has 0 aliphatic carbocycles. The number of thioether (sulfide) groups is 1. The lowest BCUT2D eigenvalue weighted by Gasteiger charge is -2.14. The minimum absolute atomic E-state index is 0.152. The summed E-state index contributed by atoms with van der Waals surface area (Å²) in [7, 11) is 3.36. The van der Waals surface area contributed by atoms with Gasteiger partial charge in [0.25, 0.3) is 5.91 Å². The van der Waals surface area contributed by atoms with E-state index >= 15 is 0 Å². The SMILES string of the molecule is COc1ccc(NC(=O)CSc2nnc(C(C)NC(=O)c3ccc(Cl)cc3Cl)n2C)cc1. The molecule has 32 heavy (non-hydrogen) atoms. The number of hydrogen-bond donors (Lipinski definition) is 2. The molecule has 8 nitrogen and oxygen atoms in total. The highest BCUT2D eigenvalue weighted by Gasteiger charge is 2.20. The van der Waals surface area contributed by atoms with E-state index in [0.29, 0.717) is 33.0 Å². The monoisotopic (exact) mass is 493 g/mol. The second-order valence-electron chi connectivity index (χ2n) is 6.78. The summed E-state index contributed by atoms with van der Waals surface area (Å²) in [5.41, 5.74) is 0.988. The molecule has 1 atom stereocenters. The number of halogens is 2. The smallest absolute Gasteiger partial charge is 0.253 e. The first-order valence-electron chi connectivity index (χ1n) is 9.50. The number of carbonyl (C=O) groups is 2. The molecule has 0 saturated carbocycles. The topological polar surface area (TPSA) is 98.1 Å². The van der Waals surface area contributed by atoms with Crippen molar-refractivity contribution in [1.82, 2.24) is 20.1 Å². The van der Waals surface area contributed by atoms with E-state index in [0.717, 1.165) is 0 Å². The molecule has 11 heteroatoms. The number of aromatic nitrogens is 3. The van der Waals surface area contributed by atoms with Gasteiger partial charge in [-0.2, -0.15) is 0 Å². The highest BCUT2D eigenvalue weighted by molar-refractivity contribution is 7.99. The molecule has 0 fully saturated rings. The highest BCUT2D eigenvalue weighted by Crippen LogP contribution is 2.23. The summed E-state index contributed by atoms with van der Waals surface area (Å²) in [4.78, 5) is 24.8. The summed E-state index contributed by atoms with van der Waals surface area (Å²) in [6, 6.07) is 11.3. The Kier molecular flexibility index (Phi) is 8.00. The van der Waals surface area contributed by atoms with Crippen LogP contribution in [-0.4, -0.2) is 39.4 Å². The van der Waals surface area contributed by atoms with Crippen LogP contribution in [0.25, 0.3) is 0 Å². The zero-order chi connectivity index (χ0) is 23.3. The van der Waals surface area contributed by atoms with E-state index in [1.807, 2.05) is 0 Å². The van der Waals surface area contributed by atoms with Crippen LogP contribution in [0.15, 0.2) is 47.6 Å². The average molecular weight is 494 g/mol. The van der Waals surface area contributed by atoms with Gasteiger partial charge in [-0.15, -0.1) is 10.2 Å². The van der Waals surface area contributed by atoms with E-state index in [-0.39, 0.29) is 22.6 Å². The fraction of sp³-hybridized carbons (Fsp3) is 0.238. The van der Waals surface area contributed by atoms with Crippen LogP contribution < -0.4 is 15.4 Å². The number of benzene rings is 2. The number of hydrogen-bond acceptors (Lipinski definition) is 6. The number of nitrogens with one attached hydrogen (secondary N) is 2. The van der Waals surface area contributed by atoms with Crippen LogP contribution in [0.2, 0.25) is 10.0 Å². The second kappa shape index (κ2) is 10.7. The molecular weight excluding hydrogens is 473 g/mol. The van der Waals surface area contributed by atoms with Crippen LogP contribution in [0, 0.1) is 0 Å². The first kappa shape index (κ1) is 23.9. The molecule has 0 aliphatic heterocycles. The first-order chi connectivity index (χ1) is 15.3. The summed E-state index contributed by atoms with van der Waals surface area (Å²) >= 11 is 13.2. The fourth-order valence-corrected chi connectivity index (χ4v) is 4.06. The van der Waals surface area contributed by atoms with Crippen molar-refractivity contribution in [3.8, 4) is 5.75 Å². The predicted octanol–water partition coefficient (Wildman–Crippen LogP) is 4.35. The Labute approximate surface area is 199 Å². The maximum Gasteiger partial charge on any atom is 0.253 e. The van der Waals surface area contributed by atoms with E-state index in [1.54, 1.807) is 62.0 Å². The van der Waals surface area contributed by atoms with Crippen molar-refractivity contribution in [2.24, 2.45) is 7.05 Å². The molecule has 2 N–H and O–H groups in total. The molecule has 0 spiro atoms. The Morgan fingerprint density at radius 1 is 1.16 bits per heavy atom. The third-order valence-corrected chi connectivity index (χ3v) is 6.05. The van der Waals surface area contributed by atoms with Crippen LogP contribution in [-0.2, 0) is 11.8 Å². The number of methoxy groups -OCH3 is 1. The lowest BCUT2D eigenvalue weighted by Crippen LogP contribution is -2.28. The van der Waals surface area contributed by atoms with E-state index in [2.05, 4.69) is 20.8 Å². The van der Waals surface area contributed by atoms with Crippen molar-refractivity contribution in [3.05, 3.63) is 63.9 Å². The van der Waals surface area contributed by atoms with Gasteiger partial charge in [0.2, 0.25) is 5.91 Å². The van der Waals surface area contributed by atoms with E-state index < -0.39 is 6.04 Å². The average Bonchev–Trinajstić information content (AvgIpc) is 3.13. The zero-order valence-electron chi connectivity index (χ0n) is 17.6. The number of ether oxygens (including phenoxy) is 1. The molecule has 2 aromatic carbocycles. The summed E-state index contributed by atoms with van der Waals surface area (Å²) in [6.07, 6.45) is 0. The predicted molar refractivity (Wildman–Crippen MR) is 126 cm³/mol. The van der Waals surface area contributed by atoms with Gasteiger partial charge in [0, 0.05) is 17.8 Å². The van der Waals surface area contributed by atoms with Crippen molar-refractivity contribution in [2.75, 3.05) is 18.2 Å². The summed E-state index contributed by atoms with van der Waals surface area (Å²) in [5.74, 6) is 0.878. The van der Waals surface area contributed by atoms with Crippen molar-refractivity contribution in [2.45, 2.75) is 18.1 Å². The number of nitrogens with zero attached hydrogens (tertiary/aromatic N) is 3. The minimum atomic E-state index is -0.436. The number of amides is 2. The summed E-state index contributed by atoms with van der Waals surface area (Å²) in [6.45, 7) is 1.79. The lowest BCUT2D eigenvalue weighted by molar-refractivity contribution is -0.113. The van der Waals surface area contributed by atoms with Crippen molar-refractivity contribution >= 4 is 52.5 Å². The number of carbonyl (C=O) groups excluding carboxylic acids is 2. The van der Waals surface area contributed by atoms with Crippen LogP contribution in [0.3, 0.4) is 0 Å². The first-order valence-corrected chi connectivity index (χ1v) is 11.2. The molecule has 1 aromatic heterocycles. The molecule has 168 valence electrons. The maximum atomic E-state index is 12.5. The molecule has 0 aliphatic rings. The van der Waals surface area contributed by atoms with Crippen molar-refractivity contribution in [1.29, 1.82) is 0 Å². The molecular formula is C21H21Cl2N5O3S. The van der Waals surface area contributed by atoms with E-state index in [1.165, 1.54) is 17.8 Å². The van der Waals surface area contributed by atoms with Gasteiger partial charge < -0.3 is 19.9 Å². The van der Waals surface area contributed by atoms with Crippen molar-refractivity contribution in [3.63, 3.8) is 0 Å². The van der Waals surface area contributed by atoms with Crippen LogP contribution in [0.5, 0.6) is 5.75 Å². The fourth-order valence-electron chi connectivity index (χ4n) is 2.84. The molecule has 0 radical (unpaired) electrons. The molecule has 3 rings (SSSR count). The molecule has 0 saturated heterocycles. The Morgan fingerprint density at radius 2 is 1.88 bits per heavy atom. The Hall–Kier alpha value is -2.75. The number of anilines is 1. The minimum Gasteiger partial charge on any atom is -0.497 e. The molecule has 1 unspecified atom stereocenters. The Bertz CT molecular complexity index is 1120. The quantitative estimate of drug-likeness (QED) is 0.452. The largest absolute Gasteiger partial charge is 0.497 e. The maximum absolute atomic E-state index is 12.5. The Morgan fingerprint density at radius 3 is 2.53 bits per heavy atom. The molecule has 1 heterocycles. The van der Waals surface area contributed by atoms with Crippen molar-refractivity contribution < 1.29 is 14.3 Å². The van der Waals surface area contributed by atoms with Gasteiger partial charge in [-0.05, 0) is 49.4 Å². The van der Waals surface area contributed by atoms with Crippen LogP contribution in [0.1, 0.15) is 29.1 Å².